The van der Waals surface area contributed by atoms with Gasteiger partial charge < -0.3 is 9.31 Å². The standard InChI is InChI=1S/C26H28BNO2/c1-24(2)21-10-8-7-9-19(21)20-13-11-17(15-22(20)24)23-14-12-18(16-28-23)27-29-25(3,4)26(5,6)30-27/h7-16H,1-6H3. The quantitative estimate of drug-likeness (QED) is 0.546. The van der Waals surface area contributed by atoms with Crippen LogP contribution in [-0.4, -0.2) is 23.3 Å². The lowest BCUT2D eigenvalue weighted by atomic mass is 9.80. The molecule has 0 bridgehead atoms. The summed E-state index contributed by atoms with van der Waals surface area (Å²) < 4.78 is 12.3. The number of pyridine rings is 1. The predicted molar refractivity (Wildman–Crippen MR) is 123 cm³/mol. The summed E-state index contributed by atoms with van der Waals surface area (Å²) >= 11 is 0. The van der Waals surface area contributed by atoms with E-state index in [-0.39, 0.29) is 23.7 Å². The van der Waals surface area contributed by atoms with Crippen LogP contribution in [0.5, 0.6) is 0 Å². The first-order valence-corrected chi connectivity index (χ1v) is 10.7. The summed E-state index contributed by atoms with van der Waals surface area (Å²) in [7, 11) is -0.384. The number of aromatic nitrogens is 1. The molecule has 5 rings (SSSR count). The van der Waals surface area contributed by atoms with Crippen LogP contribution in [0.2, 0.25) is 0 Å². The molecule has 0 unspecified atom stereocenters. The first-order chi connectivity index (χ1) is 14.1. The van der Waals surface area contributed by atoms with Crippen molar-refractivity contribution in [2.24, 2.45) is 0 Å². The Bertz CT molecular complexity index is 1120. The molecule has 1 aliphatic carbocycles. The van der Waals surface area contributed by atoms with Crippen molar-refractivity contribution >= 4 is 12.6 Å². The molecule has 1 saturated heterocycles. The molecule has 2 aromatic carbocycles. The summed E-state index contributed by atoms with van der Waals surface area (Å²) in [5.41, 5.74) is 7.75. The van der Waals surface area contributed by atoms with E-state index in [0.29, 0.717) is 0 Å². The Kier molecular flexibility index (Phi) is 4.09. The van der Waals surface area contributed by atoms with Crippen LogP contribution in [0.3, 0.4) is 0 Å². The van der Waals surface area contributed by atoms with Gasteiger partial charge in [-0.3, -0.25) is 4.98 Å². The number of hydrogen-bond donors (Lipinski definition) is 0. The van der Waals surface area contributed by atoms with Crippen molar-refractivity contribution in [1.29, 1.82) is 0 Å². The third kappa shape index (κ3) is 2.78. The molecular weight excluding hydrogens is 369 g/mol. The molecule has 0 saturated carbocycles. The summed E-state index contributed by atoms with van der Waals surface area (Å²) in [6.45, 7) is 12.9. The summed E-state index contributed by atoms with van der Waals surface area (Å²) in [5, 5.41) is 0. The number of fused-ring (bicyclic) bond motifs is 3. The number of benzene rings is 2. The van der Waals surface area contributed by atoms with Crippen molar-refractivity contribution < 1.29 is 9.31 Å². The Hall–Kier alpha value is -2.43. The minimum Gasteiger partial charge on any atom is -0.399 e. The highest BCUT2D eigenvalue weighted by molar-refractivity contribution is 6.62. The third-order valence-electron chi connectivity index (χ3n) is 7.19. The molecule has 30 heavy (non-hydrogen) atoms. The predicted octanol–water partition coefficient (Wildman–Crippen LogP) is 5.35. The summed E-state index contributed by atoms with van der Waals surface area (Å²) in [5.74, 6) is 0. The second-order valence-electron chi connectivity index (χ2n) is 10.00. The van der Waals surface area contributed by atoms with Crippen LogP contribution < -0.4 is 5.46 Å². The summed E-state index contributed by atoms with van der Waals surface area (Å²) in [4.78, 5) is 4.75. The van der Waals surface area contributed by atoms with E-state index >= 15 is 0 Å². The van der Waals surface area contributed by atoms with Crippen LogP contribution in [0.1, 0.15) is 52.7 Å². The van der Waals surface area contributed by atoms with Gasteiger partial charge in [0.1, 0.15) is 0 Å². The molecule has 2 heterocycles. The minimum atomic E-state index is -0.384. The average molecular weight is 397 g/mol. The van der Waals surface area contributed by atoms with Gasteiger partial charge in [-0.25, -0.2) is 0 Å². The monoisotopic (exact) mass is 397 g/mol. The lowest BCUT2D eigenvalue weighted by Gasteiger charge is -2.32. The molecule has 0 radical (unpaired) electrons. The van der Waals surface area contributed by atoms with Gasteiger partial charge in [-0.05, 0) is 62.1 Å². The molecule has 1 fully saturated rings. The maximum atomic E-state index is 6.16. The van der Waals surface area contributed by atoms with E-state index in [2.05, 4.69) is 96.1 Å². The SMILES string of the molecule is CC1(C)c2ccccc2-c2ccc(-c3ccc(B4OC(C)(C)C(C)(C)O4)cn3)cc21. The number of nitrogens with zero attached hydrogens (tertiary/aromatic N) is 1. The summed E-state index contributed by atoms with van der Waals surface area (Å²) in [6.07, 6.45) is 1.88. The van der Waals surface area contributed by atoms with Gasteiger partial charge in [0.2, 0.25) is 0 Å². The van der Waals surface area contributed by atoms with Gasteiger partial charge in [-0.1, -0.05) is 56.3 Å². The summed E-state index contributed by atoms with van der Waals surface area (Å²) in [6, 6.07) is 19.6. The maximum absolute atomic E-state index is 6.16. The van der Waals surface area contributed by atoms with Gasteiger partial charge in [0, 0.05) is 22.6 Å². The molecule has 0 amide bonds. The Balaban J connectivity index is 1.47. The fourth-order valence-corrected chi connectivity index (χ4v) is 4.56. The Morgan fingerprint density at radius 2 is 1.40 bits per heavy atom. The van der Waals surface area contributed by atoms with E-state index in [0.717, 1.165) is 16.7 Å². The zero-order chi connectivity index (χ0) is 21.3. The van der Waals surface area contributed by atoms with Crippen molar-refractivity contribution in [3.63, 3.8) is 0 Å². The molecule has 2 aliphatic rings. The van der Waals surface area contributed by atoms with Crippen LogP contribution in [-0.2, 0) is 14.7 Å². The first-order valence-electron chi connectivity index (χ1n) is 10.7. The highest BCUT2D eigenvalue weighted by atomic mass is 16.7. The molecule has 3 aromatic rings. The molecule has 3 nitrogen and oxygen atoms in total. The second-order valence-corrected chi connectivity index (χ2v) is 10.00. The van der Waals surface area contributed by atoms with E-state index in [1.807, 2.05) is 6.20 Å². The van der Waals surface area contributed by atoms with E-state index < -0.39 is 0 Å². The van der Waals surface area contributed by atoms with Crippen molar-refractivity contribution in [2.45, 2.75) is 58.2 Å². The zero-order valence-electron chi connectivity index (χ0n) is 18.6. The molecule has 0 spiro atoms. The third-order valence-corrected chi connectivity index (χ3v) is 7.19. The second kappa shape index (κ2) is 6.29. The van der Waals surface area contributed by atoms with Crippen molar-refractivity contribution in [1.82, 2.24) is 4.98 Å². The van der Waals surface area contributed by atoms with E-state index in [1.165, 1.54) is 22.3 Å². The van der Waals surface area contributed by atoms with Crippen LogP contribution >= 0.6 is 0 Å². The number of hydrogen-bond acceptors (Lipinski definition) is 3. The fourth-order valence-electron chi connectivity index (χ4n) is 4.56. The van der Waals surface area contributed by atoms with Crippen molar-refractivity contribution in [3.8, 4) is 22.4 Å². The lowest BCUT2D eigenvalue weighted by Crippen LogP contribution is -2.41. The van der Waals surface area contributed by atoms with Gasteiger partial charge in [0.25, 0.3) is 0 Å². The minimum absolute atomic E-state index is 0.00936. The van der Waals surface area contributed by atoms with Crippen LogP contribution in [0.15, 0.2) is 60.8 Å². The number of rotatable bonds is 2. The normalized spacial score (nSPS) is 20.1. The van der Waals surface area contributed by atoms with Crippen LogP contribution in [0.4, 0.5) is 0 Å². The molecule has 0 N–H and O–H groups in total. The zero-order valence-corrected chi connectivity index (χ0v) is 18.6. The highest BCUT2D eigenvalue weighted by Gasteiger charge is 2.51. The highest BCUT2D eigenvalue weighted by Crippen LogP contribution is 2.49. The average Bonchev–Trinajstić information content (AvgIpc) is 3.08. The van der Waals surface area contributed by atoms with Gasteiger partial charge in [-0.15, -0.1) is 0 Å². The van der Waals surface area contributed by atoms with Crippen molar-refractivity contribution in [3.05, 3.63) is 71.9 Å². The molecular formula is C26H28BNO2. The first kappa shape index (κ1) is 19.5. The molecule has 152 valence electrons. The maximum Gasteiger partial charge on any atom is 0.496 e. The van der Waals surface area contributed by atoms with E-state index in [1.54, 1.807) is 0 Å². The van der Waals surface area contributed by atoms with Crippen LogP contribution in [0.25, 0.3) is 22.4 Å². The van der Waals surface area contributed by atoms with Crippen molar-refractivity contribution in [2.75, 3.05) is 0 Å². The Morgan fingerprint density at radius 3 is 2.07 bits per heavy atom. The van der Waals surface area contributed by atoms with Gasteiger partial charge in [0.05, 0.1) is 16.9 Å². The smallest absolute Gasteiger partial charge is 0.399 e. The molecule has 1 aliphatic heterocycles. The molecule has 4 heteroatoms. The lowest BCUT2D eigenvalue weighted by molar-refractivity contribution is 0.00578. The molecule has 0 atom stereocenters. The van der Waals surface area contributed by atoms with E-state index in [4.69, 9.17) is 14.3 Å². The Labute approximate surface area is 179 Å². The molecule has 1 aromatic heterocycles. The largest absolute Gasteiger partial charge is 0.496 e. The van der Waals surface area contributed by atoms with Gasteiger partial charge in [0.15, 0.2) is 0 Å². The van der Waals surface area contributed by atoms with E-state index in [9.17, 15) is 0 Å². The fraction of sp³-hybridized carbons (Fsp3) is 0.346. The van der Waals surface area contributed by atoms with Crippen LogP contribution in [0, 0.1) is 0 Å². The van der Waals surface area contributed by atoms with Gasteiger partial charge >= 0.3 is 7.12 Å². The Morgan fingerprint density at radius 1 is 0.733 bits per heavy atom. The van der Waals surface area contributed by atoms with Gasteiger partial charge in [-0.2, -0.15) is 0 Å². The topological polar surface area (TPSA) is 31.4 Å².